The molecule has 160 valence electrons. The molecule has 1 amide bonds. The van der Waals surface area contributed by atoms with Gasteiger partial charge in [0.1, 0.15) is 12.4 Å². The van der Waals surface area contributed by atoms with Gasteiger partial charge < -0.3 is 0 Å². The topological polar surface area (TPSA) is 78.8 Å². The highest BCUT2D eigenvalue weighted by molar-refractivity contribution is 7.92. The molecule has 3 rings (SSSR count). The molecule has 0 heterocycles. The van der Waals surface area contributed by atoms with Crippen molar-refractivity contribution in [2.75, 3.05) is 10.8 Å². The Bertz CT molecular complexity index is 1210. The summed E-state index contributed by atoms with van der Waals surface area (Å²) in [6.45, 7) is 1.29. The average molecular weight is 460 g/mol. The number of sulfonamides is 1. The number of nitrogens with one attached hydrogen (secondary N) is 1. The largest absolute Gasteiger partial charge is 0.271 e. The Morgan fingerprint density at radius 2 is 1.81 bits per heavy atom. The van der Waals surface area contributed by atoms with Crippen LogP contribution in [0.5, 0.6) is 0 Å². The maximum Gasteiger partial charge on any atom is 0.264 e. The molecule has 3 aromatic rings. The van der Waals surface area contributed by atoms with E-state index in [-0.39, 0.29) is 16.1 Å². The standard InChI is InChI=1S/C22H19ClFN3O3S/c1-16-9-11-20(12-10-16)31(29,30)27(19-7-4-6-18(23)13-19)15-22(28)26-25-14-17-5-2-3-8-21(17)24/h2-14H,15H2,1H3,(H,26,28)/b25-14-. The summed E-state index contributed by atoms with van der Waals surface area (Å²) in [5.41, 5.74) is 3.53. The summed E-state index contributed by atoms with van der Waals surface area (Å²) in [4.78, 5) is 12.5. The quantitative estimate of drug-likeness (QED) is 0.426. The van der Waals surface area contributed by atoms with Gasteiger partial charge in [-0.05, 0) is 43.3 Å². The van der Waals surface area contributed by atoms with Gasteiger partial charge in [0, 0.05) is 10.6 Å². The van der Waals surface area contributed by atoms with Crippen molar-refractivity contribution in [2.24, 2.45) is 5.10 Å². The highest BCUT2D eigenvalue weighted by Crippen LogP contribution is 2.26. The SMILES string of the molecule is Cc1ccc(S(=O)(=O)N(CC(=O)N/N=C\c2ccccc2F)c2cccc(Cl)c2)cc1. The average Bonchev–Trinajstić information content (AvgIpc) is 2.73. The molecule has 0 aliphatic carbocycles. The van der Waals surface area contributed by atoms with Crippen LogP contribution >= 0.6 is 11.6 Å². The van der Waals surface area contributed by atoms with E-state index in [1.54, 1.807) is 30.3 Å². The number of hydrogen-bond acceptors (Lipinski definition) is 4. The van der Waals surface area contributed by atoms with Gasteiger partial charge in [0.15, 0.2) is 0 Å². The van der Waals surface area contributed by atoms with Crippen molar-refractivity contribution in [3.8, 4) is 0 Å². The molecule has 6 nitrogen and oxygen atoms in total. The number of carbonyl (C=O) groups excluding carboxylic acids is 1. The van der Waals surface area contributed by atoms with Gasteiger partial charge in [-0.3, -0.25) is 9.10 Å². The molecule has 31 heavy (non-hydrogen) atoms. The van der Waals surface area contributed by atoms with Crippen molar-refractivity contribution in [1.82, 2.24) is 5.43 Å². The molecule has 9 heteroatoms. The van der Waals surface area contributed by atoms with E-state index in [0.29, 0.717) is 5.02 Å². The lowest BCUT2D eigenvalue weighted by atomic mass is 10.2. The maximum absolute atomic E-state index is 13.7. The zero-order valence-corrected chi connectivity index (χ0v) is 18.1. The fourth-order valence-corrected chi connectivity index (χ4v) is 4.30. The molecule has 0 saturated carbocycles. The molecule has 0 spiro atoms. The van der Waals surface area contributed by atoms with Crippen molar-refractivity contribution in [1.29, 1.82) is 0 Å². The van der Waals surface area contributed by atoms with Crippen LogP contribution < -0.4 is 9.73 Å². The fraction of sp³-hybridized carbons (Fsp3) is 0.0909. The lowest BCUT2D eigenvalue weighted by Crippen LogP contribution is -2.39. The number of carbonyl (C=O) groups is 1. The molecule has 0 radical (unpaired) electrons. The molecule has 3 aromatic carbocycles. The summed E-state index contributed by atoms with van der Waals surface area (Å²) < 4.78 is 41.1. The van der Waals surface area contributed by atoms with Crippen LogP contribution in [0.3, 0.4) is 0 Å². The van der Waals surface area contributed by atoms with E-state index >= 15 is 0 Å². The van der Waals surface area contributed by atoms with E-state index in [9.17, 15) is 17.6 Å². The Balaban J connectivity index is 1.86. The van der Waals surface area contributed by atoms with E-state index in [0.717, 1.165) is 16.1 Å². The molecule has 1 N–H and O–H groups in total. The lowest BCUT2D eigenvalue weighted by Gasteiger charge is -2.24. The normalized spacial score (nSPS) is 11.5. The summed E-state index contributed by atoms with van der Waals surface area (Å²) in [5.74, 6) is -1.20. The van der Waals surface area contributed by atoms with Crippen molar-refractivity contribution in [2.45, 2.75) is 11.8 Å². The first-order chi connectivity index (χ1) is 14.8. The zero-order valence-electron chi connectivity index (χ0n) is 16.5. The fourth-order valence-electron chi connectivity index (χ4n) is 2.70. The zero-order chi connectivity index (χ0) is 22.4. The van der Waals surface area contributed by atoms with Gasteiger partial charge in [0.2, 0.25) is 0 Å². The van der Waals surface area contributed by atoms with E-state index < -0.39 is 28.3 Å². The van der Waals surface area contributed by atoms with E-state index in [2.05, 4.69) is 10.5 Å². The van der Waals surface area contributed by atoms with Crippen LogP contribution in [0, 0.1) is 12.7 Å². The first-order valence-electron chi connectivity index (χ1n) is 9.19. The molecule has 0 bridgehead atoms. The Kier molecular flexibility index (Phi) is 7.04. The third-order valence-electron chi connectivity index (χ3n) is 4.29. The van der Waals surface area contributed by atoms with Crippen LogP contribution in [0.1, 0.15) is 11.1 Å². The number of hydrazone groups is 1. The minimum atomic E-state index is -4.06. The number of halogens is 2. The van der Waals surface area contributed by atoms with Crippen molar-refractivity contribution >= 4 is 39.4 Å². The van der Waals surface area contributed by atoms with Crippen LogP contribution in [0.25, 0.3) is 0 Å². The minimum Gasteiger partial charge on any atom is -0.271 e. The Hall–Kier alpha value is -3.23. The Labute approximate surface area is 185 Å². The van der Waals surface area contributed by atoms with Crippen LogP contribution in [0.2, 0.25) is 5.02 Å². The van der Waals surface area contributed by atoms with Gasteiger partial charge in [-0.1, -0.05) is 53.6 Å². The van der Waals surface area contributed by atoms with Gasteiger partial charge in [-0.25, -0.2) is 18.2 Å². The van der Waals surface area contributed by atoms with E-state index in [1.807, 2.05) is 6.92 Å². The molecule has 0 aliphatic heterocycles. The third kappa shape index (κ3) is 5.68. The van der Waals surface area contributed by atoms with Crippen LogP contribution in [-0.4, -0.2) is 27.1 Å². The first kappa shape index (κ1) is 22.5. The second-order valence-electron chi connectivity index (χ2n) is 6.62. The number of amides is 1. The van der Waals surface area contributed by atoms with Gasteiger partial charge in [0.05, 0.1) is 16.8 Å². The molecule has 0 aromatic heterocycles. The summed E-state index contributed by atoms with van der Waals surface area (Å²) >= 11 is 6.03. The second-order valence-corrected chi connectivity index (χ2v) is 8.92. The van der Waals surface area contributed by atoms with Gasteiger partial charge in [0.25, 0.3) is 15.9 Å². The molecule has 0 saturated heterocycles. The van der Waals surface area contributed by atoms with E-state index in [4.69, 9.17) is 11.6 Å². The molecule has 0 atom stereocenters. The van der Waals surface area contributed by atoms with Crippen LogP contribution in [-0.2, 0) is 14.8 Å². The number of anilines is 1. The maximum atomic E-state index is 13.7. The molecule has 0 fully saturated rings. The third-order valence-corrected chi connectivity index (χ3v) is 6.31. The van der Waals surface area contributed by atoms with Crippen molar-refractivity contribution < 1.29 is 17.6 Å². The number of hydrogen-bond donors (Lipinski definition) is 1. The highest BCUT2D eigenvalue weighted by atomic mass is 35.5. The second kappa shape index (κ2) is 9.72. The Morgan fingerprint density at radius 1 is 1.10 bits per heavy atom. The molecular formula is C22H19ClFN3O3S. The number of nitrogens with zero attached hydrogens (tertiary/aromatic N) is 2. The number of benzene rings is 3. The number of aryl methyl sites for hydroxylation is 1. The summed E-state index contributed by atoms with van der Waals surface area (Å²) in [6, 6.07) is 18.4. The lowest BCUT2D eigenvalue weighted by molar-refractivity contribution is -0.119. The number of rotatable bonds is 7. The van der Waals surface area contributed by atoms with Gasteiger partial charge in [-0.15, -0.1) is 0 Å². The van der Waals surface area contributed by atoms with Crippen LogP contribution in [0.15, 0.2) is 82.8 Å². The predicted molar refractivity (Wildman–Crippen MR) is 119 cm³/mol. The smallest absolute Gasteiger partial charge is 0.264 e. The first-order valence-corrected chi connectivity index (χ1v) is 11.0. The summed E-state index contributed by atoms with van der Waals surface area (Å²) in [6.07, 6.45) is 1.14. The molecule has 0 aliphatic rings. The highest BCUT2D eigenvalue weighted by Gasteiger charge is 2.27. The van der Waals surface area contributed by atoms with Crippen molar-refractivity contribution in [3.05, 3.63) is 94.8 Å². The van der Waals surface area contributed by atoms with Crippen LogP contribution in [0.4, 0.5) is 10.1 Å². The summed E-state index contributed by atoms with van der Waals surface area (Å²) in [5, 5.41) is 4.04. The summed E-state index contributed by atoms with van der Waals surface area (Å²) in [7, 11) is -4.06. The monoisotopic (exact) mass is 459 g/mol. The van der Waals surface area contributed by atoms with Crippen molar-refractivity contribution in [3.63, 3.8) is 0 Å². The molecule has 0 unspecified atom stereocenters. The Morgan fingerprint density at radius 3 is 2.48 bits per heavy atom. The van der Waals surface area contributed by atoms with E-state index in [1.165, 1.54) is 42.5 Å². The minimum absolute atomic E-state index is 0.0285. The van der Waals surface area contributed by atoms with Gasteiger partial charge in [-0.2, -0.15) is 5.10 Å². The predicted octanol–water partition coefficient (Wildman–Crippen LogP) is 4.13. The van der Waals surface area contributed by atoms with Gasteiger partial charge >= 0.3 is 0 Å². The molecular weight excluding hydrogens is 441 g/mol.